The van der Waals surface area contributed by atoms with Crippen LogP contribution in [0.15, 0.2) is 16.8 Å². The van der Waals surface area contributed by atoms with Gasteiger partial charge in [-0.05, 0) is 41.1 Å². The van der Waals surface area contributed by atoms with Crippen molar-refractivity contribution >= 4 is 11.3 Å². The lowest BCUT2D eigenvalue weighted by Gasteiger charge is -2.40. The molecule has 0 aromatic carbocycles. The molecule has 0 radical (unpaired) electrons. The lowest BCUT2D eigenvalue weighted by molar-refractivity contribution is 0.0214. The highest BCUT2D eigenvalue weighted by atomic mass is 32.1. The zero-order valence-electron chi connectivity index (χ0n) is 10.8. The highest BCUT2D eigenvalue weighted by Gasteiger charge is 2.31. The van der Waals surface area contributed by atoms with Gasteiger partial charge in [0.2, 0.25) is 0 Å². The van der Waals surface area contributed by atoms with Gasteiger partial charge in [0.15, 0.2) is 0 Å². The molecule has 100 valence electrons. The lowest BCUT2D eigenvalue weighted by atomic mass is 9.87. The molecule has 0 bridgehead atoms. The van der Waals surface area contributed by atoms with E-state index in [0.29, 0.717) is 6.04 Å². The van der Waals surface area contributed by atoms with Gasteiger partial charge in [0.25, 0.3) is 0 Å². The van der Waals surface area contributed by atoms with Gasteiger partial charge in [-0.3, -0.25) is 4.90 Å². The van der Waals surface area contributed by atoms with Crippen LogP contribution in [0.25, 0.3) is 0 Å². The maximum absolute atomic E-state index is 5.53. The molecular weight excluding hydrogens is 244 g/mol. The van der Waals surface area contributed by atoms with Crippen LogP contribution in [0.3, 0.4) is 0 Å². The van der Waals surface area contributed by atoms with Crippen LogP contribution in [0, 0.1) is 5.92 Å². The van der Waals surface area contributed by atoms with Gasteiger partial charge in [-0.15, -0.1) is 0 Å². The number of piperazine rings is 1. The Balaban J connectivity index is 1.78. The SMILES string of the molecule is c1cc([C@H](C2CCOCC2)N2CCNCC2)cs1. The zero-order valence-corrected chi connectivity index (χ0v) is 11.6. The summed E-state index contributed by atoms with van der Waals surface area (Å²) in [7, 11) is 0. The summed E-state index contributed by atoms with van der Waals surface area (Å²) in [6, 6.07) is 2.93. The molecule has 3 rings (SSSR count). The number of hydrogen-bond donors (Lipinski definition) is 1. The first-order valence-corrected chi connectivity index (χ1v) is 7.94. The minimum atomic E-state index is 0.613. The predicted molar refractivity (Wildman–Crippen MR) is 75.0 cm³/mol. The summed E-state index contributed by atoms with van der Waals surface area (Å²) >= 11 is 1.82. The number of hydrogen-bond acceptors (Lipinski definition) is 4. The van der Waals surface area contributed by atoms with Gasteiger partial charge in [0.1, 0.15) is 0 Å². The Labute approximate surface area is 113 Å². The molecule has 1 aromatic rings. The summed E-state index contributed by atoms with van der Waals surface area (Å²) in [5.74, 6) is 0.770. The van der Waals surface area contributed by atoms with Crippen LogP contribution < -0.4 is 5.32 Å². The summed E-state index contributed by atoms with van der Waals surface area (Å²) in [4.78, 5) is 2.68. The van der Waals surface area contributed by atoms with Gasteiger partial charge in [-0.25, -0.2) is 0 Å². The highest BCUT2D eigenvalue weighted by Crippen LogP contribution is 2.36. The van der Waals surface area contributed by atoms with Crippen LogP contribution in [-0.2, 0) is 4.74 Å². The van der Waals surface area contributed by atoms with Gasteiger partial charge in [-0.2, -0.15) is 11.3 Å². The number of ether oxygens (including phenoxy) is 1. The summed E-state index contributed by atoms with van der Waals surface area (Å²) in [6.07, 6.45) is 2.43. The molecular formula is C14H22N2OS. The summed E-state index contributed by atoms with van der Waals surface area (Å²) in [6.45, 7) is 6.50. The number of thiophene rings is 1. The third-order valence-electron chi connectivity index (χ3n) is 4.14. The summed E-state index contributed by atoms with van der Waals surface area (Å²) in [5, 5.41) is 8.00. The van der Waals surface area contributed by atoms with Crippen LogP contribution >= 0.6 is 11.3 Å². The first-order valence-electron chi connectivity index (χ1n) is 7.00. The van der Waals surface area contributed by atoms with Crippen molar-refractivity contribution in [3.8, 4) is 0 Å². The first kappa shape index (κ1) is 12.6. The molecule has 0 aliphatic carbocycles. The van der Waals surface area contributed by atoms with E-state index in [9.17, 15) is 0 Å². The highest BCUT2D eigenvalue weighted by molar-refractivity contribution is 7.07. The minimum Gasteiger partial charge on any atom is -0.381 e. The van der Waals surface area contributed by atoms with E-state index >= 15 is 0 Å². The number of rotatable bonds is 3. The third-order valence-corrected chi connectivity index (χ3v) is 4.84. The van der Waals surface area contributed by atoms with E-state index in [4.69, 9.17) is 4.74 Å². The molecule has 0 spiro atoms. The van der Waals surface area contributed by atoms with Crippen molar-refractivity contribution in [3.63, 3.8) is 0 Å². The molecule has 0 amide bonds. The minimum absolute atomic E-state index is 0.613. The molecule has 1 atom stereocenters. The first-order chi connectivity index (χ1) is 8.95. The van der Waals surface area contributed by atoms with E-state index in [2.05, 4.69) is 27.0 Å². The standard InChI is InChI=1S/C14H22N2OS/c1-8-17-9-2-12(1)14(13-3-10-18-11-13)16-6-4-15-5-7-16/h3,10-12,14-15H,1-2,4-9H2/t14-/m0/s1. The largest absolute Gasteiger partial charge is 0.381 e. The Morgan fingerprint density at radius 2 is 2.06 bits per heavy atom. The number of nitrogens with one attached hydrogen (secondary N) is 1. The molecule has 3 nitrogen and oxygen atoms in total. The Morgan fingerprint density at radius 3 is 2.72 bits per heavy atom. The Kier molecular flexibility index (Phi) is 4.31. The lowest BCUT2D eigenvalue weighted by Crippen LogP contribution is -2.47. The van der Waals surface area contributed by atoms with Crippen molar-refractivity contribution < 1.29 is 4.74 Å². The van der Waals surface area contributed by atoms with E-state index < -0.39 is 0 Å². The van der Waals surface area contributed by atoms with Gasteiger partial charge in [0.05, 0.1) is 0 Å². The van der Waals surface area contributed by atoms with Crippen molar-refractivity contribution in [3.05, 3.63) is 22.4 Å². The van der Waals surface area contributed by atoms with Crippen LogP contribution in [0.5, 0.6) is 0 Å². The van der Waals surface area contributed by atoms with Gasteiger partial charge in [0, 0.05) is 45.4 Å². The fourth-order valence-electron chi connectivity index (χ4n) is 3.22. The van der Waals surface area contributed by atoms with E-state index in [0.717, 1.165) is 32.2 Å². The molecule has 2 fully saturated rings. The fourth-order valence-corrected chi connectivity index (χ4v) is 3.91. The maximum Gasteiger partial charge on any atom is 0.0469 e. The van der Waals surface area contributed by atoms with E-state index in [1.807, 2.05) is 11.3 Å². The normalized spacial score (nSPS) is 25.1. The molecule has 3 heterocycles. The zero-order chi connectivity index (χ0) is 12.2. The Morgan fingerprint density at radius 1 is 1.28 bits per heavy atom. The fraction of sp³-hybridized carbons (Fsp3) is 0.714. The molecule has 2 saturated heterocycles. The molecule has 1 aromatic heterocycles. The Bertz CT molecular complexity index is 325. The summed E-state index contributed by atoms with van der Waals surface area (Å²) in [5.41, 5.74) is 1.52. The van der Waals surface area contributed by atoms with Gasteiger partial charge >= 0.3 is 0 Å². The smallest absolute Gasteiger partial charge is 0.0469 e. The van der Waals surface area contributed by atoms with Crippen molar-refractivity contribution in [2.45, 2.75) is 18.9 Å². The van der Waals surface area contributed by atoms with Crippen LogP contribution in [0.1, 0.15) is 24.4 Å². The van der Waals surface area contributed by atoms with Gasteiger partial charge in [-0.1, -0.05) is 0 Å². The van der Waals surface area contributed by atoms with Crippen LogP contribution in [0.4, 0.5) is 0 Å². The van der Waals surface area contributed by atoms with E-state index in [1.54, 1.807) is 0 Å². The van der Waals surface area contributed by atoms with Crippen LogP contribution in [-0.4, -0.2) is 44.3 Å². The van der Waals surface area contributed by atoms with E-state index in [-0.39, 0.29) is 0 Å². The monoisotopic (exact) mass is 266 g/mol. The van der Waals surface area contributed by atoms with Crippen molar-refractivity contribution in [2.75, 3.05) is 39.4 Å². The molecule has 18 heavy (non-hydrogen) atoms. The predicted octanol–water partition coefficient (Wildman–Crippen LogP) is 2.12. The maximum atomic E-state index is 5.53. The van der Waals surface area contributed by atoms with Gasteiger partial charge < -0.3 is 10.1 Å². The van der Waals surface area contributed by atoms with Crippen molar-refractivity contribution in [1.29, 1.82) is 0 Å². The second-order valence-corrected chi connectivity index (χ2v) is 6.02. The number of nitrogens with zero attached hydrogens (tertiary/aromatic N) is 1. The Hall–Kier alpha value is -0.420. The molecule has 2 aliphatic heterocycles. The quantitative estimate of drug-likeness (QED) is 0.907. The van der Waals surface area contributed by atoms with Crippen molar-refractivity contribution in [1.82, 2.24) is 10.2 Å². The second kappa shape index (κ2) is 6.15. The van der Waals surface area contributed by atoms with Crippen molar-refractivity contribution in [2.24, 2.45) is 5.92 Å². The third kappa shape index (κ3) is 2.77. The molecule has 0 unspecified atom stereocenters. The molecule has 0 saturated carbocycles. The second-order valence-electron chi connectivity index (χ2n) is 5.24. The average molecular weight is 266 g/mol. The molecule has 4 heteroatoms. The molecule has 1 N–H and O–H groups in total. The van der Waals surface area contributed by atoms with E-state index in [1.165, 1.54) is 31.5 Å². The topological polar surface area (TPSA) is 24.5 Å². The summed E-state index contributed by atoms with van der Waals surface area (Å²) < 4.78 is 5.53. The van der Waals surface area contributed by atoms with Crippen LogP contribution in [0.2, 0.25) is 0 Å². The average Bonchev–Trinajstić information content (AvgIpc) is 2.95. The molecule has 2 aliphatic rings.